The summed E-state index contributed by atoms with van der Waals surface area (Å²) >= 11 is 8.57. The number of nitrogens with zero attached hydrogens (tertiary/aromatic N) is 2. The summed E-state index contributed by atoms with van der Waals surface area (Å²) in [6.07, 6.45) is 0. The second-order valence-electron chi connectivity index (χ2n) is 3.87. The van der Waals surface area contributed by atoms with E-state index in [0.29, 0.717) is 15.0 Å². The summed E-state index contributed by atoms with van der Waals surface area (Å²) in [6, 6.07) is 11.2. The number of hydrogen-bond donors (Lipinski definition) is 1. The first kappa shape index (κ1) is 13.2. The van der Waals surface area contributed by atoms with Gasteiger partial charge in [0.25, 0.3) is 5.91 Å². The van der Waals surface area contributed by atoms with E-state index in [0.717, 1.165) is 10.4 Å². The Morgan fingerprint density at radius 1 is 1.15 bits per heavy atom. The summed E-state index contributed by atoms with van der Waals surface area (Å²) in [7, 11) is 0. The van der Waals surface area contributed by atoms with Gasteiger partial charge in [-0.1, -0.05) is 35.1 Å². The Morgan fingerprint density at radius 3 is 2.65 bits per heavy atom. The van der Waals surface area contributed by atoms with Gasteiger partial charge in [0.1, 0.15) is 5.51 Å². The second kappa shape index (κ2) is 5.70. The van der Waals surface area contributed by atoms with Crippen molar-refractivity contribution in [2.24, 2.45) is 0 Å². The SMILES string of the molecule is O=C(Nc1nncs1)c1ccc(-c2ccc(Cl)cc2)s1. The van der Waals surface area contributed by atoms with Crippen LogP contribution in [0.1, 0.15) is 9.67 Å². The molecule has 0 fully saturated rings. The van der Waals surface area contributed by atoms with E-state index in [1.165, 1.54) is 22.7 Å². The number of carbonyl (C=O) groups excluding carboxylic acids is 1. The van der Waals surface area contributed by atoms with E-state index in [1.807, 2.05) is 30.3 Å². The summed E-state index contributed by atoms with van der Waals surface area (Å²) in [6.45, 7) is 0. The van der Waals surface area contributed by atoms with Gasteiger partial charge in [0.2, 0.25) is 5.13 Å². The monoisotopic (exact) mass is 321 g/mol. The van der Waals surface area contributed by atoms with Gasteiger partial charge < -0.3 is 0 Å². The molecule has 0 aliphatic rings. The zero-order chi connectivity index (χ0) is 13.9. The molecule has 2 heterocycles. The molecule has 0 saturated carbocycles. The molecule has 0 atom stereocenters. The molecular formula is C13H8ClN3OS2. The number of nitrogens with one attached hydrogen (secondary N) is 1. The van der Waals surface area contributed by atoms with E-state index in [9.17, 15) is 4.79 Å². The van der Waals surface area contributed by atoms with Crippen LogP contribution in [0.3, 0.4) is 0 Å². The first-order chi connectivity index (χ1) is 9.72. The average Bonchev–Trinajstić information content (AvgIpc) is 3.10. The molecule has 4 nitrogen and oxygen atoms in total. The quantitative estimate of drug-likeness (QED) is 0.787. The molecule has 0 unspecified atom stereocenters. The van der Waals surface area contributed by atoms with Crippen molar-refractivity contribution in [3.63, 3.8) is 0 Å². The summed E-state index contributed by atoms with van der Waals surface area (Å²) in [5.41, 5.74) is 2.61. The fraction of sp³-hybridized carbons (Fsp3) is 0. The number of benzene rings is 1. The van der Waals surface area contributed by atoms with Crippen molar-refractivity contribution in [3.8, 4) is 10.4 Å². The highest BCUT2D eigenvalue weighted by molar-refractivity contribution is 7.17. The van der Waals surface area contributed by atoms with Crippen LogP contribution in [0.15, 0.2) is 41.9 Å². The summed E-state index contributed by atoms with van der Waals surface area (Å²) in [4.78, 5) is 13.7. The fourth-order valence-electron chi connectivity index (χ4n) is 1.62. The average molecular weight is 322 g/mol. The number of thiophene rings is 1. The Balaban J connectivity index is 1.79. The molecule has 3 aromatic rings. The standard InChI is InChI=1S/C13H8ClN3OS2/c14-9-3-1-8(2-4-9)10-5-6-11(20-10)12(18)16-13-17-15-7-19-13/h1-7H,(H,16,17,18). The second-order valence-corrected chi connectivity index (χ2v) is 6.22. The van der Waals surface area contributed by atoms with Gasteiger partial charge in [-0.15, -0.1) is 21.5 Å². The van der Waals surface area contributed by atoms with Gasteiger partial charge in [0.15, 0.2) is 0 Å². The largest absolute Gasteiger partial charge is 0.296 e. The van der Waals surface area contributed by atoms with E-state index in [-0.39, 0.29) is 5.91 Å². The topological polar surface area (TPSA) is 54.9 Å². The zero-order valence-corrected chi connectivity index (χ0v) is 12.4. The van der Waals surface area contributed by atoms with Crippen molar-refractivity contribution in [1.82, 2.24) is 10.2 Å². The highest BCUT2D eigenvalue weighted by Crippen LogP contribution is 2.29. The normalized spacial score (nSPS) is 10.4. The van der Waals surface area contributed by atoms with Crippen LogP contribution < -0.4 is 5.32 Å². The molecule has 0 spiro atoms. The zero-order valence-electron chi connectivity index (χ0n) is 10.0. The van der Waals surface area contributed by atoms with E-state index in [1.54, 1.807) is 11.6 Å². The van der Waals surface area contributed by atoms with Gasteiger partial charge >= 0.3 is 0 Å². The lowest BCUT2D eigenvalue weighted by molar-refractivity contribution is 0.103. The predicted molar refractivity (Wildman–Crippen MR) is 82.6 cm³/mol. The van der Waals surface area contributed by atoms with Crippen molar-refractivity contribution in [3.05, 3.63) is 51.8 Å². The number of anilines is 1. The van der Waals surface area contributed by atoms with Crippen LogP contribution in [0.5, 0.6) is 0 Å². The molecule has 3 rings (SSSR count). The molecule has 1 amide bonds. The Hall–Kier alpha value is -1.76. The first-order valence-electron chi connectivity index (χ1n) is 5.66. The summed E-state index contributed by atoms with van der Waals surface area (Å²) < 4.78 is 0. The third-order valence-corrected chi connectivity index (χ3v) is 4.53. The van der Waals surface area contributed by atoms with Crippen LogP contribution in [0.2, 0.25) is 5.02 Å². The first-order valence-corrected chi connectivity index (χ1v) is 7.73. The number of halogens is 1. The molecule has 0 saturated heterocycles. The lowest BCUT2D eigenvalue weighted by Gasteiger charge is -1.98. The van der Waals surface area contributed by atoms with Gasteiger partial charge in [-0.25, -0.2) is 0 Å². The minimum atomic E-state index is -0.174. The Kier molecular flexibility index (Phi) is 3.77. The maximum Gasteiger partial charge on any atom is 0.267 e. The third-order valence-electron chi connectivity index (χ3n) is 2.54. The minimum Gasteiger partial charge on any atom is -0.296 e. The predicted octanol–water partition coefficient (Wildman–Crippen LogP) is 4.17. The van der Waals surface area contributed by atoms with Crippen molar-refractivity contribution < 1.29 is 4.79 Å². The summed E-state index contributed by atoms with van der Waals surface area (Å²) in [5, 5.41) is 11.4. The Labute approximate surface area is 128 Å². The van der Waals surface area contributed by atoms with Crippen molar-refractivity contribution in [2.75, 3.05) is 5.32 Å². The number of amides is 1. The molecule has 1 aromatic carbocycles. The molecule has 0 aliphatic carbocycles. The lowest BCUT2D eigenvalue weighted by atomic mass is 10.2. The van der Waals surface area contributed by atoms with Gasteiger partial charge in [0.05, 0.1) is 4.88 Å². The fourth-order valence-corrected chi connectivity index (χ4v) is 3.09. The number of carbonyl (C=O) groups is 1. The molecule has 0 bridgehead atoms. The van der Waals surface area contributed by atoms with Gasteiger partial charge in [-0.3, -0.25) is 10.1 Å². The van der Waals surface area contributed by atoms with Crippen LogP contribution in [0, 0.1) is 0 Å². The molecule has 20 heavy (non-hydrogen) atoms. The van der Waals surface area contributed by atoms with Crippen LogP contribution in [-0.4, -0.2) is 16.1 Å². The third kappa shape index (κ3) is 2.87. The van der Waals surface area contributed by atoms with Crippen LogP contribution in [0.25, 0.3) is 10.4 Å². The van der Waals surface area contributed by atoms with E-state index >= 15 is 0 Å². The maximum absolute atomic E-state index is 12.0. The van der Waals surface area contributed by atoms with Gasteiger partial charge in [-0.2, -0.15) is 0 Å². The summed E-state index contributed by atoms with van der Waals surface area (Å²) in [5.74, 6) is -0.174. The molecule has 100 valence electrons. The highest BCUT2D eigenvalue weighted by Gasteiger charge is 2.11. The van der Waals surface area contributed by atoms with Crippen LogP contribution in [-0.2, 0) is 0 Å². The van der Waals surface area contributed by atoms with E-state index in [4.69, 9.17) is 11.6 Å². The number of rotatable bonds is 3. The molecule has 2 aromatic heterocycles. The van der Waals surface area contributed by atoms with E-state index < -0.39 is 0 Å². The van der Waals surface area contributed by atoms with Gasteiger partial charge in [-0.05, 0) is 29.8 Å². The smallest absolute Gasteiger partial charge is 0.267 e. The highest BCUT2D eigenvalue weighted by atomic mass is 35.5. The Bertz CT molecular complexity index is 722. The van der Waals surface area contributed by atoms with Crippen molar-refractivity contribution >= 4 is 45.3 Å². The molecule has 0 radical (unpaired) electrons. The minimum absolute atomic E-state index is 0.174. The van der Waals surface area contributed by atoms with E-state index in [2.05, 4.69) is 15.5 Å². The van der Waals surface area contributed by atoms with Crippen molar-refractivity contribution in [2.45, 2.75) is 0 Å². The van der Waals surface area contributed by atoms with Gasteiger partial charge in [0, 0.05) is 9.90 Å². The Morgan fingerprint density at radius 2 is 1.95 bits per heavy atom. The number of aromatic nitrogens is 2. The maximum atomic E-state index is 12.0. The molecular weight excluding hydrogens is 314 g/mol. The molecule has 7 heteroatoms. The van der Waals surface area contributed by atoms with Crippen LogP contribution >= 0.6 is 34.3 Å². The lowest BCUT2D eigenvalue weighted by Crippen LogP contribution is -2.09. The van der Waals surface area contributed by atoms with Crippen LogP contribution in [0.4, 0.5) is 5.13 Å². The molecule has 0 aliphatic heterocycles. The molecule has 1 N–H and O–H groups in total. The number of hydrogen-bond acceptors (Lipinski definition) is 5. The van der Waals surface area contributed by atoms with Crippen molar-refractivity contribution in [1.29, 1.82) is 0 Å².